The van der Waals surface area contributed by atoms with Gasteiger partial charge in [-0.25, -0.2) is 0 Å². The van der Waals surface area contributed by atoms with Gasteiger partial charge in [-0.2, -0.15) is 0 Å². The molecule has 0 bridgehead atoms. The van der Waals surface area contributed by atoms with E-state index in [4.69, 9.17) is 11.6 Å². The number of hydrogen-bond acceptors (Lipinski definition) is 1. The smallest absolute Gasteiger partial charge is 0.0531 e. The molecule has 0 aliphatic carbocycles. The van der Waals surface area contributed by atoms with Crippen LogP contribution in [0.5, 0.6) is 0 Å². The van der Waals surface area contributed by atoms with E-state index in [1.807, 2.05) is 24.4 Å². The first-order valence-electron chi connectivity index (χ1n) is 5.18. The van der Waals surface area contributed by atoms with Gasteiger partial charge in [0.25, 0.3) is 0 Å². The van der Waals surface area contributed by atoms with Crippen LogP contribution in [-0.4, -0.2) is 12.3 Å². The first kappa shape index (κ1) is 10.4. The highest BCUT2D eigenvalue weighted by Crippen LogP contribution is 2.24. The summed E-state index contributed by atoms with van der Waals surface area (Å²) in [7, 11) is 0. The van der Waals surface area contributed by atoms with Gasteiger partial charge in [0.1, 0.15) is 0 Å². The van der Waals surface area contributed by atoms with E-state index in [1.54, 1.807) is 0 Å². The average molecular weight is 220 g/mol. The van der Waals surface area contributed by atoms with Crippen LogP contribution < -0.4 is 0 Å². The van der Waals surface area contributed by atoms with Gasteiger partial charge in [0, 0.05) is 11.2 Å². The van der Waals surface area contributed by atoms with E-state index in [-0.39, 0.29) is 0 Å². The Morgan fingerprint density at radius 2 is 2.07 bits per heavy atom. The maximum absolute atomic E-state index is 5.96. The molecule has 2 heteroatoms. The lowest BCUT2D eigenvalue weighted by Crippen LogP contribution is -2.14. The van der Waals surface area contributed by atoms with Gasteiger partial charge in [-0.15, -0.1) is 0 Å². The number of aliphatic imine (C=N–C) groups is 1. The van der Waals surface area contributed by atoms with Crippen LogP contribution in [0, 0.1) is 5.92 Å². The molecule has 0 aromatic heterocycles. The van der Waals surface area contributed by atoms with Crippen LogP contribution in [0.25, 0.3) is 5.57 Å². The van der Waals surface area contributed by atoms with Gasteiger partial charge in [-0.1, -0.05) is 36.7 Å². The molecule has 1 aliphatic heterocycles. The fourth-order valence-electron chi connectivity index (χ4n) is 1.64. The zero-order valence-electron chi connectivity index (χ0n) is 8.94. The van der Waals surface area contributed by atoms with Crippen molar-refractivity contribution in [3.63, 3.8) is 0 Å². The molecule has 1 aromatic rings. The minimum absolute atomic E-state index is 0.382. The molecule has 1 heterocycles. The average Bonchev–Trinajstić information content (AvgIpc) is 2.22. The topological polar surface area (TPSA) is 12.4 Å². The summed E-state index contributed by atoms with van der Waals surface area (Å²) >= 11 is 5.96. The van der Waals surface area contributed by atoms with Crippen molar-refractivity contribution in [3.05, 3.63) is 40.9 Å². The number of allylic oxidation sites excluding steroid dienone is 1. The maximum Gasteiger partial charge on any atom is 0.0531 e. The van der Waals surface area contributed by atoms with Crippen molar-refractivity contribution < 1.29 is 0 Å². The second kappa shape index (κ2) is 4.19. The van der Waals surface area contributed by atoms with Gasteiger partial charge in [0.2, 0.25) is 0 Å². The molecule has 78 valence electrons. The summed E-state index contributed by atoms with van der Waals surface area (Å²) in [5, 5.41) is 0.771. The van der Waals surface area contributed by atoms with Gasteiger partial charge >= 0.3 is 0 Å². The van der Waals surface area contributed by atoms with Crippen molar-refractivity contribution in [1.82, 2.24) is 0 Å². The largest absolute Gasteiger partial charge is 0.289 e. The Labute approximate surface area is 95.5 Å². The van der Waals surface area contributed by atoms with E-state index in [0.717, 1.165) is 10.6 Å². The highest BCUT2D eigenvalue weighted by Gasteiger charge is 2.13. The van der Waals surface area contributed by atoms with Gasteiger partial charge in [0.05, 0.1) is 6.04 Å². The number of hydrogen-bond donors (Lipinski definition) is 0. The van der Waals surface area contributed by atoms with Crippen LogP contribution in [0.4, 0.5) is 0 Å². The normalized spacial score (nSPS) is 25.1. The first-order valence-corrected chi connectivity index (χ1v) is 5.55. The predicted molar refractivity (Wildman–Crippen MR) is 66.5 cm³/mol. The van der Waals surface area contributed by atoms with E-state index in [2.05, 4.69) is 31.0 Å². The molecule has 0 fully saturated rings. The van der Waals surface area contributed by atoms with Crippen LogP contribution >= 0.6 is 11.6 Å². The molecule has 0 radical (unpaired) electrons. The van der Waals surface area contributed by atoms with Crippen molar-refractivity contribution >= 4 is 23.4 Å². The second-order valence-electron chi connectivity index (χ2n) is 4.01. The quantitative estimate of drug-likeness (QED) is 0.681. The van der Waals surface area contributed by atoms with Crippen LogP contribution in [0.15, 0.2) is 35.3 Å². The summed E-state index contributed by atoms with van der Waals surface area (Å²) in [4.78, 5) is 4.46. The Kier molecular flexibility index (Phi) is 2.92. The Hall–Kier alpha value is -1.08. The van der Waals surface area contributed by atoms with E-state index >= 15 is 0 Å². The molecule has 1 nitrogen and oxygen atoms in total. The fraction of sp³-hybridized carbons (Fsp3) is 0.308. The molecule has 0 N–H and O–H groups in total. The third-order valence-electron chi connectivity index (χ3n) is 2.81. The lowest BCUT2D eigenvalue weighted by Gasteiger charge is -2.18. The lowest BCUT2D eigenvalue weighted by atomic mass is 9.95. The minimum Gasteiger partial charge on any atom is -0.289 e. The number of dihydropyridines is 1. The summed E-state index contributed by atoms with van der Waals surface area (Å²) < 4.78 is 0. The first-order chi connectivity index (χ1) is 7.16. The Bertz CT molecular complexity index is 420. The van der Waals surface area contributed by atoms with Gasteiger partial charge in [0.15, 0.2) is 0 Å². The molecule has 0 spiro atoms. The Morgan fingerprint density at radius 3 is 2.73 bits per heavy atom. The molecule has 15 heavy (non-hydrogen) atoms. The molecule has 1 aliphatic rings. The van der Waals surface area contributed by atoms with Gasteiger partial charge in [-0.3, -0.25) is 4.99 Å². The lowest BCUT2D eigenvalue weighted by molar-refractivity contribution is 0.583. The van der Waals surface area contributed by atoms with Crippen molar-refractivity contribution in [2.24, 2.45) is 10.9 Å². The standard InChI is InChI=1S/C13H14ClN/c1-9-6-12(8-15-10(9)2)11-4-3-5-13(14)7-11/h3-10H,1-2H3. The third-order valence-corrected chi connectivity index (χ3v) is 3.05. The van der Waals surface area contributed by atoms with Crippen LogP contribution in [0.1, 0.15) is 19.4 Å². The van der Waals surface area contributed by atoms with Gasteiger partial charge in [-0.05, 0) is 36.1 Å². The summed E-state index contributed by atoms with van der Waals surface area (Å²) in [5.41, 5.74) is 2.31. The number of benzene rings is 1. The maximum atomic E-state index is 5.96. The van der Waals surface area contributed by atoms with E-state index in [0.29, 0.717) is 12.0 Å². The number of nitrogens with zero attached hydrogens (tertiary/aromatic N) is 1. The Balaban J connectivity index is 2.33. The molecule has 2 atom stereocenters. The monoisotopic (exact) mass is 219 g/mol. The molecule has 2 rings (SSSR count). The summed E-state index contributed by atoms with van der Waals surface area (Å²) in [5.74, 6) is 0.490. The van der Waals surface area contributed by atoms with E-state index < -0.39 is 0 Å². The minimum atomic E-state index is 0.382. The highest BCUT2D eigenvalue weighted by molar-refractivity contribution is 6.31. The van der Waals surface area contributed by atoms with Crippen LogP contribution in [-0.2, 0) is 0 Å². The van der Waals surface area contributed by atoms with Crippen molar-refractivity contribution in [2.45, 2.75) is 19.9 Å². The third kappa shape index (κ3) is 2.29. The summed E-state index contributed by atoms with van der Waals surface area (Å²) in [6.45, 7) is 4.32. The molecule has 2 unspecified atom stereocenters. The fourth-order valence-corrected chi connectivity index (χ4v) is 1.83. The van der Waals surface area contributed by atoms with Crippen LogP contribution in [0.2, 0.25) is 5.02 Å². The zero-order chi connectivity index (χ0) is 10.8. The SMILES string of the molecule is CC1C=C(c2cccc(Cl)c2)C=NC1C. The number of halogens is 1. The molecular formula is C13H14ClN. The van der Waals surface area contributed by atoms with Crippen molar-refractivity contribution in [3.8, 4) is 0 Å². The Morgan fingerprint density at radius 1 is 1.27 bits per heavy atom. The van der Waals surface area contributed by atoms with Gasteiger partial charge < -0.3 is 0 Å². The molecule has 0 saturated carbocycles. The molecule has 1 aromatic carbocycles. The van der Waals surface area contributed by atoms with Crippen molar-refractivity contribution in [1.29, 1.82) is 0 Å². The predicted octanol–water partition coefficient (Wildman–Crippen LogP) is 3.83. The summed E-state index contributed by atoms with van der Waals surface area (Å²) in [6.07, 6.45) is 4.19. The molecule has 0 amide bonds. The number of rotatable bonds is 1. The molecule has 0 saturated heterocycles. The van der Waals surface area contributed by atoms with E-state index in [9.17, 15) is 0 Å². The van der Waals surface area contributed by atoms with Crippen molar-refractivity contribution in [2.75, 3.05) is 0 Å². The molecular weight excluding hydrogens is 206 g/mol. The summed E-state index contributed by atoms with van der Waals surface area (Å²) in [6, 6.07) is 8.27. The van der Waals surface area contributed by atoms with E-state index in [1.165, 1.54) is 5.57 Å². The zero-order valence-corrected chi connectivity index (χ0v) is 9.70. The second-order valence-corrected chi connectivity index (χ2v) is 4.45. The highest BCUT2D eigenvalue weighted by atomic mass is 35.5. The van der Waals surface area contributed by atoms with Crippen LogP contribution in [0.3, 0.4) is 0 Å².